The third-order valence-corrected chi connectivity index (χ3v) is 3.48. The zero-order valence-corrected chi connectivity index (χ0v) is 10.6. The maximum absolute atomic E-state index is 9.34. The molecule has 1 aliphatic carbocycles. The molecule has 0 spiro atoms. The number of hydrogen-bond acceptors (Lipinski definition) is 2. The summed E-state index contributed by atoms with van der Waals surface area (Å²) in [5.74, 6) is 1.13. The number of aromatic amines is 1. The zero-order valence-electron chi connectivity index (χ0n) is 10.6. The Bertz CT molecular complexity index is 652. The van der Waals surface area contributed by atoms with Gasteiger partial charge in [0.05, 0.1) is 16.6 Å². The third-order valence-electron chi connectivity index (χ3n) is 3.48. The van der Waals surface area contributed by atoms with Gasteiger partial charge in [-0.25, -0.2) is 4.98 Å². The average molecular weight is 249 g/mol. The molecule has 0 unspecified atom stereocenters. The first-order valence-corrected chi connectivity index (χ1v) is 6.59. The van der Waals surface area contributed by atoms with Crippen LogP contribution < -0.4 is 0 Å². The van der Waals surface area contributed by atoms with Crippen molar-refractivity contribution < 1.29 is 0 Å². The van der Waals surface area contributed by atoms with E-state index in [1.807, 2.05) is 24.3 Å². The van der Waals surface area contributed by atoms with Gasteiger partial charge in [-0.1, -0.05) is 30.4 Å². The van der Waals surface area contributed by atoms with E-state index in [9.17, 15) is 5.26 Å². The van der Waals surface area contributed by atoms with E-state index >= 15 is 0 Å². The molecule has 1 aromatic carbocycles. The number of nitriles is 1. The molecule has 0 radical (unpaired) electrons. The monoisotopic (exact) mass is 249 g/mol. The Morgan fingerprint density at radius 2 is 2.26 bits per heavy atom. The third kappa shape index (κ3) is 2.43. The topological polar surface area (TPSA) is 52.5 Å². The van der Waals surface area contributed by atoms with E-state index < -0.39 is 0 Å². The number of rotatable bonds is 2. The van der Waals surface area contributed by atoms with Crippen LogP contribution in [0.5, 0.6) is 0 Å². The molecule has 94 valence electrons. The smallest absolute Gasteiger partial charge is 0.148 e. The minimum Gasteiger partial charge on any atom is -0.337 e. The molecule has 0 saturated carbocycles. The van der Waals surface area contributed by atoms with E-state index in [2.05, 4.69) is 34.3 Å². The lowest BCUT2D eigenvalue weighted by Gasteiger charge is -2.13. The molecule has 1 atom stereocenters. The minimum atomic E-state index is 0.452. The number of aromatic nitrogens is 2. The molecular weight excluding hydrogens is 234 g/mol. The lowest BCUT2D eigenvalue weighted by atomic mass is 9.92. The van der Waals surface area contributed by atoms with Crippen LogP contribution >= 0.6 is 0 Å². The van der Waals surface area contributed by atoms with E-state index in [0.717, 1.165) is 30.3 Å². The number of imidazole rings is 1. The average Bonchev–Trinajstić information content (AvgIpc) is 2.89. The van der Waals surface area contributed by atoms with Crippen molar-refractivity contribution in [3.63, 3.8) is 0 Å². The van der Waals surface area contributed by atoms with Crippen molar-refractivity contribution in [2.75, 3.05) is 0 Å². The number of fused-ring (bicyclic) bond motifs is 1. The summed E-state index contributed by atoms with van der Waals surface area (Å²) in [7, 11) is 0. The summed E-state index contributed by atoms with van der Waals surface area (Å²) in [6, 6.07) is 10.1. The number of nitrogens with one attached hydrogen (secondary N) is 1. The first kappa shape index (κ1) is 11.7. The quantitative estimate of drug-likeness (QED) is 0.649. The number of nitrogens with zero attached hydrogens (tertiary/aromatic N) is 2. The molecule has 0 bridgehead atoms. The first-order valence-electron chi connectivity index (χ1n) is 6.59. The molecule has 19 heavy (non-hydrogen) atoms. The predicted octanol–water partition coefficient (Wildman–Crippen LogP) is 3.83. The minimum absolute atomic E-state index is 0.452. The zero-order chi connectivity index (χ0) is 13.1. The summed E-state index contributed by atoms with van der Waals surface area (Å²) in [5, 5.41) is 9.34. The van der Waals surface area contributed by atoms with Crippen LogP contribution in [0.15, 0.2) is 42.5 Å². The Morgan fingerprint density at radius 1 is 1.37 bits per heavy atom. The number of allylic oxidation sites excluding steroid dienone is 4. The van der Waals surface area contributed by atoms with Crippen molar-refractivity contribution >= 4 is 16.6 Å². The highest BCUT2D eigenvalue weighted by Crippen LogP contribution is 2.24. The molecule has 3 heteroatoms. The molecule has 1 aliphatic rings. The molecule has 3 rings (SSSR count). The van der Waals surface area contributed by atoms with Crippen molar-refractivity contribution in [1.29, 1.82) is 5.26 Å². The van der Waals surface area contributed by atoms with E-state index in [1.54, 1.807) is 0 Å². The van der Waals surface area contributed by atoms with Gasteiger partial charge in [-0.3, -0.25) is 0 Å². The van der Waals surface area contributed by atoms with Crippen molar-refractivity contribution in [2.24, 2.45) is 5.92 Å². The van der Waals surface area contributed by atoms with Crippen molar-refractivity contribution in [2.45, 2.75) is 19.3 Å². The number of benzene rings is 1. The van der Waals surface area contributed by atoms with Gasteiger partial charge in [0.1, 0.15) is 11.9 Å². The summed E-state index contributed by atoms with van der Waals surface area (Å²) in [6.45, 7) is 0. The number of para-hydroxylation sites is 2. The van der Waals surface area contributed by atoms with Crippen LogP contribution in [-0.4, -0.2) is 9.97 Å². The fourth-order valence-corrected chi connectivity index (χ4v) is 2.45. The highest BCUT2D eigenvalue weighted by molar-refractivity contribution is 5.82. The summed E-state index contributed by atoms with van der Waals surface area (Å²) < 4.78 is 0. The second kappa shape index (κ2) is 5.11. The molecule has 0 saturated heterocycles. The van der Waals surface area contributed by atoms with E-state index in [4.69, 9.17) is 0 Å². The van der Waals surface area contributed by atoms with Gasteiger partial charge in [0, 0.05) is 0 Å². The largest absolute Gasteiger partial charge is 0.337 e. The lowest BCUT2D eigenvalue weighted by molar-refractivity contribution is 0.585. The van der Waals surface area contributed by atoms with E-state index in [1.165, 1.54) is 0 Å². The molecular formula is C16H15N3. The van der Waals surface area contributed by atoms with Gasteiger partial charge in [-0.15, -0.1) is 0 Å². The second-order valence-corrected chi connectivity index (χ2v) is 4.84. The Morgan fingerprint density at radius 3 is 3.00 bits per heavy atom. The molecule has 3 nitrogen and oxygen atoms in total. The fraction of sp³-hybridized carbons (Fsp3) is 0.250. The normalized spacial score (nSPS) is 19.5. The number of H-pyrrole nitrogens is 1. The highest BCUT2D eigenvalue weighted by atomic mass is 14.9. The van der Waals surface area contributed by atoms with Crippen LogP contribution in [0.1, 0.15) is 25.1 Å². The second-order valence-electron chi connectivity index (χ2n) is 4.84. The summed E-state index contributed by atoms with van der Waals surface area (Å²) in [5.41, 5.74) is 2.53. The van der Waals surface area contributed by atoms with Gasteiger partial charge in [0.15, 0.2) is 0 Å². The molecule has 0 fully saturated rings. The molecule has 2 aromatic rings. The Kier molecular flexibility index (Phi) is 3.16. The Labute approximate surface area is 112 Å². The molecule has 0 aliphatic heterocycles. The molecule has 0 amide bonds. The van der Waals surface area contributed by atoms with Crippen LogP contribution in [-0.2, 0) is 0 Å². The van der Waals surface area contributed by atoms with Gasteiger partial charge in [-0.05, 0) is 37.3 Å². The van der Waals surface area contributed by atoms with Crippen LogP contribution in [0, 0.1) is 17.2 Å². The molecule has 1 aromatic heterocycles. The fourth-order valence-electron chi connectivity index (χ4n) is 2.45. The summed E-state index contributed by atoms with van der Waals surface area (Å²) >= 11 is 0. The van der Waals surface area contributed by atoms with Crippen LogP contribution in [0.25, 0.3) is 16.6 Å². The maximum Gasteiger partial charge on any atom is 0.148 e. The van der Waals surface area contributed by atoms with E-state index in [0.29, 0.717) is 17.3 Å². The van der Waals surface area contributed by atoms with Gasteiger partial charge in [0.25, 0.3) is 0 Å². The highest BCUT2D eigenvalue weighted by Gasteiger charge is 2.12. The van der Waals surface area contributed by atoms with E-state index in [-0.39, 0.29) is 0 Å². The summed E-state index contributed by atoms with van der Waals surface area (Å²) in [6.07, 6.45) is 9.68. The molecule has 1 heterocycles. The SMILES string of the molecule is N#C/C(=C\[C@@H]1CC=CCC1)c1nc2ccccc2[nH]1. The van der Waals surface area contributed by atoms with Crippen LogP contribution in [0.2, 0.25) is 0 Å². The van der Waals surface area contributed by atoms with Crippen LogP contribution in [0.4, 0.5) is 0 Å². The Hall–Kier alpha value is -2.34. The van der Waals surface area contributed by atoms with Crippen LogP contribution in [0.3, 0.4) is 0 Å². The molecule has 1 N–H and O–H groups in total. The van der Waals surface area contributed by atoms with Gasteiger partial charge < -0.3 is 4.98 Å². The van der Waals surface area contributed by atoms with Gasteiger partial charge in [-0.2, -0.15) is 5.26 Å². The van der Waals surface area contributed by atoms with Gasteiger partial charge >= 0.3 is 0 Å². The number of hydrogen-bond donors (Lipinski definition) is 1. The summed E-state index contributed by atoms with van der Waals surface area (Å²) in [4.78, 5) is 7.70. The van der Waals surface area contributed by atoms with Gasteiger partial charge in [0.2, 0.25) is 0 Å². The van der Waals surface area contributed by atoms with Crippen molar-refractivity contribution in [3.05, 3.63) is 48.3 Å². The standard InChI is InChI=1S/C16H15N3/c17-11-13(10-12-6-2-1-3-7-12)16-18-14-8-4-5-9-15(14)19-16/h1-2,4-5,8-10,12H,3,6-7H2,(H,18,19)/b13-10+/t12-/m1/s1. The van der Waals surface area contributed by atoms with Crippen molar-refractivity contribution in [3.8, 4) is 6.07 Å². The lowest BCUT2D eigenvalue weighted by Crippen LogP contribution is -2.00. The van der Waals surface area contributed by atoms with Crippen molar-refractivity contribution in [1.82, 2.24) is 9.97 Å². The Balaban J connectivity index is 1.95. The maximum atomic E-state index is 9.34. The predicted molar refractivity (Wildman–Crippen MR) is 76.2 cm³/mol. The first-order chi connectivity index (χ1) is 9.36.